The zero-order valence-corrected chi connectivity index (χ0v) is 13.4. The normalized spacial score (nSPS) is 20.1. The van der Waals surface area contributed by atoms with Crippen LogP contribution >= 0.6 is 0 Å². The van der Waals surface area contributed by atoms with Crippen LogP contribution in [0.3, 0.4) is 0 Å². The van der Waals surface area contributed by atoms with Crippen molar-refractivity contribution < 1.29 is 9.18 Å². The summed E-state index contributed by atoms with van der Waals surface area (Å²) >= 11 is 0. The molecule has 1 aliphatic rings. The number of carbonyl (C=O) groups is 1. The Balaban J connectivity index is 1.85. The molecule has 0 spiro atoms. The van der Waals surface area contributed by atoms with Crippen molar-refractivity contribution in [3.05, 3.63) is 30.0 Å². The minimum atomic E-state index is -0.798. The second-order valence-electron chi connectivity index (χ2n) is 5.91. The maximum Gasteiger partial charge on any atom is 0.273 e. The summed E-state index contributed by atoms with van der Waals surface area (Å²) in [6.07, 6.45) is 6.44. The van der Waals surface area contributed by atoms with E-state index in [4.69, 9.17) is 11.5 Å². The lowest BCUT2D eigenvalue weighted by atomic mass is 9.91. The SMILES string of the molecule is NC(=O)c1nnc(N[C@@H]2CCCC[C@@H]2N)nc1Nc1cncc(F)c1. The lowest BCUT2D eigenvalue weighted by Crippen LogP contribution is -2.43. The van der Waals surface area contributed by atoms with Gasteiger partial charge in [0.05, 0.1) is 18.1 Å². The molecule has 6 N–H and O–H groups in total. The van der Waals surface area contributed by atoms with Crippen LogP contribution in [-0.4, -0.2) is 38.2 Å². The average Bonchev–Trinajstić information content (AvgIpc) is 2.57. The van der Waals surface area contributed by atoms with Crippen molar-refractivity contribution in [2.45, 2.75) is 37.8 Å². The third kappa shape index (κ3) is 4.15. The molecule has 3 rings (SSSR count). The predicted molar refractivity (Wildman–Crippen MR) is 89.7 cm³/mol. The maximum absolute atomic E-state index is 13.3. The first-order chi connectivity index (χ1) is 12.0. The molecule has 10 heteroatoms. The number of rotatable bonds is 5. The van der Waals surface area contributed by atoms with Gasteiger partial charge in [-0.25, -0.2) is 4.39 Å². The van der Waals surface area contributed by atoms with Gasteiger partial charge < -0.3 is 22.1 Å². The maximum atomic E-state index is 13.3. The molecule has 2 atom stereocenters. The molecule has 0 saturated heterocycles. The van der Waals surface area contributed by atoms with Crippen molar-refractivity contribution in [2.24, 2.45) is 11.5 Å². The monoisotopic (exact) mass is 346 g/mol. The standard InChI is InChI=1S/C15H19FN8O/c16-8-5-9(7-19-6-8)20-14-12(13(18)25)23-24-15(22-14)21-11-4-2-1-3-10(11)17/h5-7,10-11H,1-4,17H2,(H2,18,25)(H2,20,21,22,24)/t10-,11+/m0/s1. The van der Waals surface area contributed by atoms with E-state index in [9.17, 15) is 9.18 Å². The number of halogens is 1. The average molecular weight is 346 g/mol. The number of pyridine rings is 1. The van der Waals surface area contributed by atoms with Gasteiger partial charge in [-0.1, -0.05) is 12.8 Å². The van der Waals surface area contributed by atoms with E-state index in [0.29, 0.717) is 5.69 Å². The molecular weight excluding hydrogens is 327 g/mol. The molecule has 1 aliphatic carbocycles. The Morgan fingerprint density at radius 2 is 2.04 bits per heavy atom. The van der Waals surface area contributed by atoms with E-state index >= 15 is 0 Å². The first-order valence-corrected chi connectivity index (χ1v) is 7.97. The number of nitrogens with two attached hydrogens (primary N) is 2. The van der Waals surface area contributed by atoms with Gasteiger partial charge in [-0.2, -0.15) is 4.98 Å². The molecule has 0 aliphatic heterocycles. The topological polar surface area (TPSA) is 145 Å². The summed E-state index contributed by atoms with van der Waals surface area (Å²) in [6, 6.07) is 1.24. The minimum Gasteiger partial charge on any atom is -0.364 e. The van der Waals surface area contributed by atoms with Crippen molar-refractivity contribution in [2.75, 3.05) is 10.6 Å². The van der Waals surface area contributed by atoms with Crippen molar-refractivity contribution in [1.29, 1.82) is 0 Å². The zero-order chi connectivity index (χ0) is 17.8. The number of hydrogen-bond acceptors (Lipinski definition) is 8. The van der Waals surface area contributed by atoms with Crippen molar-refractivity contribution in [3.8, 4) is 0 Å². The second kappa shape index (κ2) is 7.34. The number of carbonyl (C=O) groups excluding carboxylic acids is 1. The van der Waals surface area contributed by atoms with Crippen LogP contribution in [0.15, 0.2) is 18.5 Å². The molecule has 2 heterocycles. The zero-order valence-electron chi connectivity index (χ0n) is 13.4. The van der Waals surface area contributed by atoms with E-state index in [1.54, 1.807) is 0 Å². The summed E-state index contributed by atoms with van der Waals surface area (Å²) < 4.78 is 13.3. The largest absolute Gasteiger partial charge is 0.364 e. The Morgan fingerprint density at radius 3 is 2.76 bits per heavy atom. The smallest absolute Gasteiger partial charge is 0.273 e. The van der Waals surface area contributed by atoms with E-state index in [2.05, 4.69) is 30.8 Å². The summed E-state index contributed by atoms with van der Waals surface area (Å²) in [6.45, 7) is 0. The van der Waals surface area contributed by atoms with Crippen molar-refractivity contribution in [1.82, 2.24) is 20.2 Å². The van der Waals surface area contributed by atoms with Gasteiger partial charge in [-0.15, -0.1) is 10.2 Å². The lowest BCUT2D eigenvalue weighted by Gasteiger charge is -2.29. The number of nitrogens with zero attached hydrogens (tertiary/aromatic N) is 4. The quantitative estimate of drug-likeness (QED) is 0.625. The Bertz CT molecular complexity index is 771. The molecular formula is C15H19FN8O. The van der Waals surface area contributed by atoms with Crippen LogP contribution in [0.1, 0.15) is 36.2 Å². The van der Waals surface area contributed by atoms with E-state index in [-0.39, 0.29) is 29.5 Å². The highest BCUT2D eigenvalue weighted by Gasteiger charge is 2.23. The number of primary amides is 1. The van der Waals surface area contributed by atoms with Crippen LogP contribution in [0, 0.1) is 5.82 Å². The van der Waals surface area contributed by atoms with Crippen LogP contribution < -0.4 is 22.1 Å². The van der Waals surface area contributed by atoms with Crippen LogP contribution in [0.25, 0.3) is 0 Å². The molecule has 9 nitrogen and oxygen atoms in total. The first kappa shape index (κ1) is 17.0. The highest BCUT2D eigenvalue weighted by atomic mass is 19.1. The predicted octanol–water partition coefficient (Wildman–Crippen LogP) is 0.930. The van der Waals surface area contributed by atoms with Gasteiger partial charge in [0.25, 0.3) is 5.91 Å². The highest BCUT2D eigenvalue weighted by molar-refractivity contribution is 5.96. The fourth-order valence-corrected chi connectivity index (χ4v) is 2.76. The summed E-state index contributed by atoms with van der Waals surface area (Å²) in [7, 11) is 0. The highest BCUT2D eigenvalue weighted by Crippen LogP contribution is 2.22. The van der Waals surface area contributed by atoms with E-state index < -0.39 is 11.7 Å². The number of amides is 1. The molecule has 0 aromatic carbocycles. The second-order valence-corrected chi connectivity index (χ2v) is 5.91. The first-order valence-electron chi connectivity index (χ1n) is 7.97. The van der Waals surface area contributed by atoms with Gasteiger partial charge in [0.15, 0.2) is 11.5 Å². The molecule has 1 saturated carbocycles. The van der Waals surface area contributed by atoms with Gasteiger partial charge in [-0.05, 0) is 12.8 Å². The Labute approximate surface area is 143 Å². The number of anilines is 3. The molecule has 2 aromatic rings. The van der Waals surface area contributed by atoms with Crippen molar-refractivity contribution >= 4 is 23.4 Å². The van der Waals surface area contributed by atoms with Gasteiger partial charge in [0.2, 0.25) is 5.95 Å². The summed E-state index contributed by atoms with van der Waals surface area (Å²) in [5.74, 6) is -1.03. The Kier molecular flexibility index (Phi) is 4.98. The molecule has 132 valence electrons. The Morgan fingerprint density at radius 1 is 1.24 bits per heavy atom. The van der Waals surface area contributed by atoms with Crippen LogP contribution in [0.4, 0.5) is 21.8 Å². The molecule has 1 amide bonds. The third-order valence-electron chi connectivity index (χ3n) is 4.02. The lowest BCUT2D eigenvalue weighted by molar-refractivity contribution is 0.0995. The minimum absolute atomic E-state index is 0.00278. The van der Waals surface area contributed by atoms with Gasteiger partial charge in [-0.3, -0.25) is 9.78 Å². The van der Waals surface area contributed by atoms with Crippen LogP contribution in [0.2, 0.25) is 0 Å². The third-order valence-corrected chi connectivity index (χ3v) is 4.02. The molecule has 0 bridgehead atoms. The van der Waals surface area contributed by atoms with E-state index in [1.807, 2.05) is 0 Å². The van der Waals surface area contributed by atoms with Crippen LogP contribution in [0.5, 0.6) is 0 Å². The summed E-state index contributed by atoms with van der Waals surface area (Å²) in [5, 5.41) is 13.6. The molecule has 2 aromatic heterocycles. The van der Waals surface area contributed by atoms with Crippen LogP contribution in [-0.2, 0) is 0 Å². The fraction of sp³-hybridized carbons (Fsp3) is 0.400. The van der Waals surface area contributed by atoms with Crippen molar-refractivity contribution in [3.63, 3.8) is 0 Å². The Hall–Kier alpha value is -2.88. The van der Waals surface area contributed by atoms with Gasteiger partial charge in [0, 0.05) is 18.2 Å². The molecule has 1 fully saturated rings. The number of hydrogen-bond donors (Lipinski definition) is 4. The van der Waals surface area contributed by atoms with Gasteiger partial charge in [0.1, 0.15) is 5.82 Å². The summed E-state index contributed by atoms with van der Waals surface area (Å²) in [5.41, 5.74) is 11.6. The number of aromatic nitrogens is 4. The summed E-state index contributed by atoms with van der Waals surface area (Å²) in [4.78, 5) is 19.5. The van der Waals surface area contributed by atoms with Gasteiger partial charge >= 0.3 is 0 Å². The number of nitrogens with one attached hydrogen (secondary N) is 2. The van der Waals surface area contributed by atoms with E-state index in [1.165, 1.54) is 12.3 Å². The molecule has 0 unspecified atom stereocenters. The fourth-order valence-electron chi connectivity index (χ4n) is 2.76. The van der Waals surface area contributed by atoms with E-state index in [0.717, 1.165) is 31.9 Å². The molecule has 0 radical (unpaired) electrons. The molecule has 25 heavy (non-hydrogen) atoms.